The zero-order valence-corrected chi connectivity index (χ0v) is 8.57. The zero-order valence-electron chi connectivity index (χ0n) is 7.76. The first kappa shape index (κ1) is 9.46. The molecule has 2 rings (SSSR count). The number of hydrogen-bond acceptors (Lipinski definition) is 2. The van der Waals surface area contributed by atoms with Crippen molar-refractivity contribution >= 4 is 9.84 Å². The smallest absolute Gasteiger partial charge is 0.199 e. The number of sulfone groups is 1. The van der Waals surface area contributed by atoms with E-state index in [-0.39, 0.29) is 0 Å². The molecular weight excluding hydrogens is 196 g/mol. The largest absolute Gasteiger partial charge is 0.219 e. The van der Waals surface area contributed by atoms with Crippen molar-refractivity contribution in [3.05, 3.63) is 41.8 Å². The van der Waals surface area contributed by atoms with E-state index < -0.39 is 9.84 Å². The van der Waals surface area contributed by atoms with E-state index in [0.29, 0.717) is 10.8 Å². The molecule has 74 valence electrons. The van der Waals surface area contributed by atoms with Crippen molar-refractivity contribution in [2.45, 2.75) is 17.7 Å². The van der Waals surface area contributed by atoms with Crippen molar-refractivity contribution in [1.29, 1.82) is 0 Å². The van der Waals surface area contributed by atoms with Crippen molar-refractivity contribution in [2.24, 2.45) is 5.92 Å². The van der Waals surface area contributed by atoms with Crippen LogP contribution in [0.4, 0.5) is 0 Å². The van der Waals surface area contributed by atoms with E-state index in [2.05, 4.69) is 0 Å². The molecule has 1 aromatic rings. The Kier molecular flexibility index (Phi) is 2.42. The number of hydrogen-bond donors (Lipinski definition) is 0. The van der Waals surface area contributed by atoms with Crippen LogP contribution >= 0.6 is 0 Å². The van der Waals surface area contributed by atoms with Crippen LogP contribution < -0.4 is 0 Å². The van der Waals surface area contributed by atoms with Gasteiger partial charge in [-0.15, -0.1) is 0 Å². The highest BCUT2D eigenvalue weighted by Crippen LogP contribution is 2.30. The third-order valence-corrected chi connectivity index (χ3v) is 3.67. The van der Waals surface area contributed by atoms with E-state index in [9.17, 15) is 8.42 Å². The maximum atomic E-state index is 11.7. The van der Waals surface area contributed by atoms with Gasteiger partial charge >= 0.3 is 0 Å². The quantitative estimate of drug-likeness (QED) is 0.764. The van der Waals surface area contributed by atoms with E-state index in [0.717, 1.165) is 12.8 Å². The molecule has 3 heteroatoms. The monoisotopic (exact) mass is 208 g/mol. The van der Waals surface area contributed by atoms with Crippen LogP contribution in [0.2, 0.25) is 0 Å². The molecule has 0 radical (unpaired) electrons. The Bertz CT molecular complexity index is 428. The third kappa shape index (κ3) is 2.23. The summed E-state index contributed by atoms with van der Waals surface area (Å²) in [4.78, 5) is 0.372. The first-order valence-electron chi connectivity index (χ1n) is 4.67. The van der Waals surface area contributed by atoms with Gasteiger partial charge in [0.2, 0.25) is 0 Å². The SMILES string of the molecule is O=S(=O)(C=CC1CC1)c1ccccc1. The van der Waals surface area contributed by atoms with Gasteiger partial charge in [0.25, 0.3) is 0 Å². The summed E-state index contributed by atoms with van der Waals surface area (Å²) in [6, 6.07) is 8.51. The fourth-order valence-electron chi connectivity index (χ4n) is 1.19. The molecule has 1 aromatic carbocycles. The molecule has 0 spiro atoms. The summed E-state index contributed by atoms with van der Waals surface area (Å²) in [5.41, 5.74) is 0. The Balaban J connectivity index is 2.23. The van der Waals surface area contributed by atoms with Crippen LogP contribution in [0.15, 0.2) is 46.7 Å². The minimum absolute atomic E-state index is 0.372. The molecule has 0 heterocycles. The molecule has 2 nitrogen and oxygen atoms in total. The second kappa shape index (κ2) is 3.58. The van der Waals surface area contributed by atoms with Crippen molar-refractivity contribution in [3.8, 4) is 0 Å². The van der Waals surface area contributed by atoms with Gasteiger partial charge in [-0.2, -0.15) is 0 Å². The Hall–Kier alpha value is -1.09. The molecule has 0 N–H and O–H groups in total. The molecule has 1 saturated carbocycles. The van der Waals surface area contributed by atoms with Crippen molar-refractivity contribution in [2.75, 3.05) is 0 Å². The lowest BCUT2D eigenvalue weighted by atomic mass is 10.4. The molecule has 0 aromatic heterocycles. The van der Waals surface area contributed by atoms with Gasteiger partial charge in [0.05, 0.1) is 4.90 Å². The Morgan fingerprint density at radius 3 is 2.36 bits per heavy atom. The number of allylic oxidation sites excluding steroid dienone is 1. The lowest BCUT2D eigenvalue weighted by molar-refractivity contribution is 0.604. The lowest BCUT2D eigenvalue weighted by Crippen LogP contribution is -1.95. The standard InChI is InChI=1S/C11H12O2S/c12-14(13,9-8-10-6-7-10)11-4-2-1-3-5-11/h1-5,8-10H,6-7H2. The van der Waals surface area contributed by atoms with Gasteiger partial charge in [-0.25, -0.2) is 8.42 Å². The van der Waals surface area contributed by atoms with Gasteiger partial charge in [0.15, 0.2) is 9.84 Å². The molecular formula is C11H12O2S. The minimum Gasteiger partial charge on any atom is -0.219 e. The number of rotatable bonds is 3. The predicted molar refractivity (Wildman–Crippen MR) is 55.5 cm³/mol. The van der Waals surface area contributed by atoms with Crippen LogP contribution in [0, 0.1) is 5.92 Å². The molecule has 0 unspecified atom stereocenters. The van der Waals surface area contributed by atoms with Crippen LogP contribution in [0.25, 0.3) is 0 Å². The lowest BCUT2D eigenvalue weighted by Gasteiger charge is -1.96. The highest BCUT2D eigenvalue weighted by atomic mass is 32.2. The van der Waals surface area contributed by atoms with Crippen molar-refractivity contribution < 1.29 is 8.42 Å². The van der Waals surface area contributed by atoms with Gasteiger partial charge in [0, 0.05) is 5.41 Å². The molecule has 0 atom stereocenters. The van der Waals surface area contributed by atoms with Crippen LogP contribution in [0.5, 0.6) is 0 Å². The van der Waals surface area contributed by atoms with E-state index in [1.54, 1.807) is 30.3 Å². The molecule has 1 fully saturated rings. The molecule has 0 bridgehead atoms. The topological polar surface area (TPSA) is 34.1 Å². The predicted octanol–water partition coefficient (Wildman–Crippen LogP) is 2.38. The summed E-state index contributed by atoms with van der Waals surface area (Å²) in [7, 11) is -3.20. The summed E-state index contributed by atoms with van der Waals surface area (Å²) in [5, 5.41) is 1.33. The van der Waals surface area contributed by atoms with Gasteiger partial charge in [-0.3, -0.25) is 0 Å². The first-order chi connectivity index (χ1) is 6.68. The van der Waals surface area contributed by atoms with Gasteiger partial charge in [0.1, 0.15) is 0 Å². The van der Waals surface area contributed by atoms with Crippen molar-refractivity contribution in [3.63, 3.8) is 0 Å². The highest BCUT2D eigenvalue weighted by molar-refractivity contribution is 7.94. The zero-order chi connectivity index (χ0) is 10.0. The summed E-state index contributed by atoms with van der Waals surface area (Å²) in [6.07, 6.45) is 4.05. The van der Waals surface area contributed by atoms with Crippen LogP contribution in [0.3, 0.4) is 0 Å². The van der Waals surface area contributed by atoms with Crippen LogP contribution in [0.1, 0.15) is 12.8 Å². The fraction of sp³-hybridized carbons (Fsp3) is 0.273. The van der Waals surface area contributed by atoms with E-state index in [1.165, 1.54) is 5.41 Å². The molecule has 0 saturated heterocycles. The second-order valence-corrected chi connectivity index (χ2v) is 5.36. The Morgan fingerprint density at radius 2 is 1.79 bits per heavy atom. The molecule has 0 aliphatic heterocycles. The van der Waals surface area contributed by atoms with Gasteiger partial charge < -0.3 is 0 Å². The maximum Gasteiger partial charge on any atom is 0.199 e. The summed E-state index contributed by atoms with van der Waals surface area (Å²) >= 11 is 0. The Labute approximate surface area is 84.2 Å². The van der Waals surface area contributed by atoms with Crippen LogP contribution in [-0.4, -0.2) is 8.42 Å². The second-order valence-electron chi connectivity index (χ2n) is 3.52. The molecule has 0 amide bonds. The fourth-order valence-corrected chi connectivity index (χ4v) is 2.31. The molecule has 1 aliphatic rings. The van der Waals surface area contributed by atoms with E-state index >= 15 is 0 Å². The average molecular weight is 208 g/mol. The van der Waals surface area contributed by atoms with E-state index in [4.69, 9.17) is 0 Å². The van der Waals surface area contributed by atoms with E-state index in [1.807, 2.05) is 6.07 Å². The number of benzene rings is 1. The molecule has 1 aliphatic carbocycles. The Morgan fingerprint density at radius 1 is 1.14 bits per heavy atom. The minimum atomic E-state index is -3.20. The third-order valence-electron chi connectivity index (χ3n) is 2.22. The normalized spacial score (nSPS) is 17.4. The summed E-state index contributed by atoms with van der Waals surface area (Å²) < 4.78 is 23.4. The summed E-state index contributed by atoms with van der Waals surface area (Å²) in [6.45, 7) is 0. The summed E-state index contributed by atoms with van der Waals surface area (Å²) in [5.74, 6) is 0.494. The van der Waals surface area contributed by atoms with Gasteiger partial charge in [-0.05, 0) is 30.9 Å². The first-order valence-corrected chi connectivity index (χ1v) is 6.21. The molecule has 14 heavy (non-hydrogen) atoms. The highest BCUT2D eigenvalue weighted by Gasteiger charge is 2.19. The van der Waals surface area contributed by atoms with Gasteiger partial charge in [-0.1, -0.05) is 24.3 Å². The van der Waals surface area contributed by atoms with Crippen LogP contribution in [-0.2, 0) is 9.84 Å². The van der Waals surface area contributed by atoms with Crippen molar-refractivity contribution in [1.82, 2.24) is 0 Å². The maximum absolute atomic E-state index is 11.7. The average Bonchev–Trinajstić information content (AvgIpc) is 3.00.